The molecule has 3 fully saturated rings. The summed E-state index contributed by atoms with van der Waals surface area (Å²) < 4.78 is 5.43. The first-order chi connectivity index (χ1) is 12.8. The Kier molecular flexibility index (Phi) is 4.26. The largest absolute Gasteiger partial charge is 0.496 e. The van der Waals surface area contributed by atoms with Gasteiger partial charge in [0.25, 0.3) is 5.91 Å². The van der Waals surface area contributed by atoms with Crippen molar-refractivity contribution in [3.8, 4) is 5.75 Å². The highest BCUT2D eigenvalue weighted by molar-refractivity contribution is 5.95. The van der Waals surface area contributed by atoms with E-state index < -0.39 is 5.60 Å². The molecule has 1 N–H and O–H groups in total. The van der Waals surface area contributed by atoms with Crippen molar-refractivity contribution in [1.29, 1.82) is 0 Å². The third-order valence-electron chi connectivity index (χ3n) is 6.28. The molecule has 0 unspecified atom stereocenters. The van der Waals surface area contributed by atoms with Crippen molar-refractivity contribution < 1.29 is 14.6 Å². The van der Waals surface area contributed by atoms with E-state index in [1.54, 1.807) is 39.2 Å². The van der Waals surface area contributed by atoms with E-state index in [9.17, 15) is 9.90 Å². The quantitative estimate of drug-likeness (QED) is 0.895. The van der Waals surface area contributed by atoms with Gasteiger partial charge in [0.15, 0.2) is 0 Å². The Morgan fingerprint density at radius 3 is 2.44 bits per heavy atom. The fraction of sp³-hybridized carbons (Fsp3) is 0.435. The topological polar surface area (TPSA) is 49.8 Å². The van der Waals surface area contributed by atoms with Crippen LogP contribution < -0.4 is 4.74 Å². The van der Waals surface area contributed by atoms with Crippen LogP contribution in [0.2, 0.25) is 0 Å². The van der Waals surface area contributed by atoms with Gasteiger partial charge in [-0.3, -0.25) is 4.79 Å². The molecule has 2 aliphatic heterocycles. The van der Waals surface area contributed by atoms with E-state index in [4.69, 9.17) is 4.74 Å². The Morgan fingerprint density at radius 2 is 1.89 bits per heavy atom. The number of amides is 1. The van der Waals surface area contributed by atoms with E-state index in [0.717, 1.165) is 25.8 Å². The summed E-state index contributed by atoms with van der Waals surface area (Å²) in [5.74, 6) is 0.611. The van der Waals surface area contributed by atoms with E-state index in [1.165, 1.54) is 5.56 Å². The van der Waals surface area contributed by atoms with Crippen molar-refractivity contribution in [2.24, 2.45) is 0 Å². The molecular formula is C23H27NO3. The third kappa shape index (κ3) is 3.02. The number of hydrogen-bond acceptors (Lipinski definition) is 3. The molecule has 2 heterocycles. The molecule has 3 aliphatic rings. The lowest BCUT2D eigenvalue weighted by Crippen LogP contribution is -2.61. The van der Waals surface area contributed by atoms with Gasteiger partial charge in [0.2, 0.25) is 0 Å². The van der Waals surface area contributed by atoms with Crippen LogP contribution in [0, 0.1) is 0 Å². The third-order valence-corrected chi connectivity index (χ3v) is 6.28. The van der Waals surface area contributed by atoms with Gasteiger partial charge >= 0.3 is 0 Å². The number of rotatable bonds is 4. The Hall–Kier alpha value is -2.33. The van der Waals surface area contributed by atoms with Crippen molar-refractivity contribution >= 4 is 5.91 Å². The molecule has 142 valence electrons. The summed E-state index contributed by atoms with van der Waals surface area (Å²) in [6.07, 6.45) is 3.10. The lowest BCUT2D eigenvalue weighted by Gasteiger charge is -2.58. The molecule has 2 saturated heterocycles. The average molecular weight is 365 g/mol. The minimum Gasteiger partial charge on any atom is -0.496 e. The van der Waals surface area contributed by atoms with Gasteiger partial charge in [-0.15, -0.1) is 0 Å². The molecular weight excluding hydrogens is 338 g/mol. The maximum Gasteiger partial charge on any atom is 0.254 e. The molecule has 2 aromatic rings. The van der Waals surface area contributed by atoms with Crippen molar-refractivity contribution in [2.75, 3.05) is 13.7 Å². The number of hydrogen-bond donors (Lipinski definition) is 1. The molecule has 4 nitrogen and oxygen atoms in total. The fourth-order valence-electron chi connectivity index (χ4n) is 4.72. The Balaban J connectivity index is 1.52. The van der Waals surface area contributed by atoms with Crippen LogP contribution >= 0.6 is 0 Å². The maximum absolute atomic E-state index is 13.1. The smallest absolute Gasteiger partial charge is 0.254 e. The van der Waals surface area contributed by atoms with Gasteiger partial charge in [-0.25, -0.2) is 0 Å². The standard InChI is InChI=1S/C23H27NO3/c1-22(2,26)19-10-9-16(13-20(19)27-3)21(25)24-12-11-23(14-18(24)15-23)17-7-5-4-6-8-17/h4-10,13,18,26H,11-12,14-15H2,1-3H3. The molecule has 0 aromatic heterocycles. The lowest BCUT2D eigenvalue weighted by atomic mass is 9.57. The molecule has 0 atom stereocenters. The highest BCUT2D eigenvalue weighted by atomic mass is 16.5. The number of methoxy groups -OCH3 is 1. The van der Waals surface area contributed by atoms with Gasteiger partial charge in [0, 0.05) is 29.1 Å². The number of nitrogens with zero attached hydrogens (tertiary/aromatic N) is 1. The Labute approximate surface area is 160 Å². The summed E-state index contributed by atoms with van der Waals surface area (Å²) in [7, 11) is 1.57. The monoisotopic (exact) mass is 365 g/mol. The molecule has 4 heteroatoms. The minimum absolute atomic E-state index is 0.0574. The molecule has 0 spiro atoms. The minimum atomic E-state index is -1.01. The number of ether oxygens (including phenoxy) is 1. The zero-order valence-electron chi connectivity index (χ0n) is 16.2. The number of aliphatic hydroxyl groups is 1. The van der Waals surface area contributed by atoms with E-state index >= 15 is 0 Å². The zero-order valence-corrected chi connectivity index (χ0v) is 16.2. The molecule has 1 aliphatic carbocycles. The molecule has 1 amide bonds. The average Bonchev–Trinajstić information content (AvgIpc) is 2.66. The summed E-state index contributed by atoms with van der Waals surface area (Å²) in [6.45, 7) is 4.22. The summed E-state index contributed by atoms with van der Waals surface area (Å²) >= 11 is 0. The molecule has 2 bridgehead atoms. The Morgan fingerprint density at radius 1 is 1.19 bits per heavy atom. The van der Waals surface area contributed by atoms with Gasteiger partial charge in [-0.1, -0.05) is 36.4 Å². The van der Waals surface area contributed by atoms with E-state index in [-0.39, 0.29) is 11.3 Å². The second-order valence-corrected chi connectivity index (χ2v) is 8.43. The van der Waals surface area contributed by atoms with Crippen LogP contribution in [0.4, 0.5) is 0 Å². The first kappa shape index (κ1) is 18.1. The van der Waals surface area contributed by atoms with Crippen molar-refractivity contribution in [3.05, 3.63) is 65.2 Å². The predicted octanol–water partition coefficient (Wildman–Crippen LogP) is 3.87. The van der Waals surface area contributed by atoms with Crippen LogP contribution in [-0.4, -0.2) is 35.6 Å². The molecule has 5 rings (SSSR count). The highest BCUT2D eigenvalue weighted by Crippen LogP contribution is 2.52. The highest BCUT2D eigenvalue weighted by Gasteiger charge is 2.52. The second kappa shape index (κ2) is 6.38. The molecule has 1 saturated carbocycles. The first-order valence-corrected chi connectivity index (χ1v) is 9.61. The van der Waals surface area contributed by atoms with Gasteiger partial charge < -0.3 is 14.7 Å². The van der Waals surface area contributed by atoms with Gasteiger partial charge in [-0.2, -0.15) is 0 Å². The van der Waals surface area contributed by atoms with Crippen LogP contribution in [-0.2, 0) is 11.0 Å². The van der Waals surface area contributed by atoms with Gasteiger partial charge in [-0.05, 0) is 50.8 Å². The molecule has 0 radical (unpaired) electrons. The van der Waals surface area contributed by atoms with Crippen LogP contribution in [0.1, 0.15) is 54.6 Å². The Bertz CT molecular complexity index is 842. The van der Waals surface area contributed by atoms with Crippen molar-refractivity contribution in [1.82, 2.24) is 4.90 Å². The lowest BCUT2D eigenvalue weighted by molar-refractivity contribution is -0.00438. The second-order valence-electron chi connectivity index (χ2n) is 8.43. The number of carbonyl (C=O) groups excluding carboxylic acids is 1. The zero-order chi connectivity index (χ0) is 19.2. The number of fused-ring (bicyclic) bond motifs is 2. The predicted molar refractivity (Wildman–Crippen MR) is 105 cm³/mol. The van der Waals surface area contributed by atoms with Gasteiger partial charge in [0.1, 0.15) is 5.75 Å². The maximum atomic E-state index is 13.1. The van der Waals surface area contributed by atoms with Crippen LogP contribution in [0.15, 0.2) is 48.5 Å². The first-order valence-electron chi connectivity index (χ1n) is 9.61. The van der Waals surface area contributed by atoms with Gasteiger partial charge in [0.05, 0.1) is 12.7 Å². The summed E-state index contributed by atoms with van der Waals surface area (Å²) in [4.78, 5) is 15.1. The fourth-order valence-corrected chi connectivity index (χ4v) is 4.72. The normalized spacial score (nSPS) is 24.3. The summed E-state index contributed by atoms with van der Waals surface area (Å²) in [6, 6.07) is 16.4. The van der Waals surface area contributed by atoms with Crippen molar-refractivity contribution in [2.45, 2.75) is 50.2 Å². The van der Waals surface area contributed by atoms with Crippen molar-refractivity contribution in [3.63, 3.8) is 0 Å². The summed E-state index contributed by atoms with van der Waals surface area (Å²) in [5, 5.41) is 10.3. The van der Waals surface area contributed by atoms with E-state index in [1.807, 2.05) is 4.90 Å². The van der Waals surface area contributed by atoms with Crippen LogP contribution in [0.25, 0.3) is 0 Å². The van der Waals surface area contributed by atoms with E-state index in [0.29, 0.717) is 22.9 Å². The SMILES string of the molecule is COc1cc(C(=O)N2CCC3(c4ccccc4)CC2C3)ccc1C(C)(C)O. The summed E-state index contributed by atoms with van der Waals surface area (Å²) in [5.41, 5.74) is 1.96. The number of benzene rings is 2. The van der Waals surface area contributed by atoms with E-state index in [2.05, 4.69) is 30.3 Å². The molecule has 27 heavy (non-hydrogen) atoms. The number of carbonyl (C=O) groups is 1. The van der Waals surface area contributed by atoms with Crippen LogP contribution in [0.3, 0.4) is 0 Å². The number of piperidine rings is 2. The van der Waals surface area contributed by atoms with Crippen LogP contribution in [0.5, 0.6) is 5.75 Å². The molecule has 2 aromatic carbocycles.